The van der Waals surface area contributed by atoms with Crippen LogP contribution in [0, 0.1) is 11.8 Å². The van der Waals surface area contributed by atoms with Crippen molar-refractivity contribution in [3.8, 4) is 0 Å². The lowest BCUT2D eigenvalue weighted by atomic mass is 9.76. The van der Waals surface area contributed by atoms with Crippen molar-refractivity contribution in [3.05, 3.63) is 23.8 Å². The first-order chi connectivity index (χ1) is 11.3. The number of rotatable bonds is 0. The second-order valence-corrected chi connectivity index (χ2v) is 8.14. The molecule has 3 aliphatic heterocycles. The van der Waals surface area contributed by atoms with Gasteiger partial charge in [0.1, 0.15) is 6.10 Å². The Hall–Kier alpha value is -1.13. The molecule has 0 unspecified atom stereocenters. The van der Waals surface area contributed by atoms with Crippen molar-refractivity contribution in [1.82, 2.24) is 0 Å². The molecule has 134 valence electrons. The normalized spacial score (nSPS) is 46.2. The van der Waals surface area contributed by atoms with Crippen LogP contribution in [0.4, 0.5) is 0 Å². The van der Waals surface area contributed by atoms with Crippen molar-refractivity contribution in [3.63, 3.8) is 0 Å². The predicted molar refractivity (Wildman–Crippen MR) is 92.4 cm³/mol. The van der Waals surface area contributed by atoms with Crippen LogP contribution in [0.25, 0.3) is 0 Å². The molecule has 2 bridgehead atoms. The zero-order valence-electron chi connectivity index (χ0n) is 15.1. The van der Waals surface area contributed by atoms with E-state index in [1.807, 2.05) is 6.92 Å². The van der Waals surface area contributed by atoms with Crippen LogP contribution in [-0.2, 0) is 14.3 Å². The minimum absolute atomic E-state index is 0.0320. The smallest absolute Gasteiger partial charge is 0.334 e. The Kier molecular flexibility index (Phi) is 4.89. The van der Waals surface area contributed by atoms with Gasteiger partial charge in [-0.3, -0.25) is 0 Å². The molecule has 0 amide bonds. The van der Waals surface area contributed by atoms with Gasteiger partial charge in [0.05, 0.1) is 17.8 Å². The highest BCUT2D eigenvalue weighted by molar-refractivity contribution is 5.90. The van der Waals surface area contributed by atoms with Gasteiger partial charge in [0, 0.05) is 11.5 Å². The fourth-order valence-corrected chi connectivity index (χ4v) is 4.36. The molecule has 3 aliphatic rings. The molecule has 2 fully saturated rings. The first-order valence-electron chi connectivity index (χ1n) is 9.23. The Bertz CT molecular complexity index is 548. The average molecular weight is 334 g/mol. The highest BCUT2D eigenvalue weighted by atomic mass is 16.6. The SMILES string of the molecule is C=C1C(=O)O[C@H]2[C@H]3O[C@@H](C[C@@H]12)[C@](C)(O)CC/C=C(/C)CCC[C@@H]3C. The first kappa shape index (κ1) is 17.7. The molecule has 0 aliphatic carbocycles. The molecule has 0 radical (unpaired) electrons. The van der Waals surface area contributed by atoms with Crippen LogP contribution in [0.5, 0.6) is 0 Å². The Morgan fingerprint density at radius 2 is 2.12 bits per heavy atom. The average Bonchev–Trinajstić information content (AvgIpc) is 2.80. The van der Waals surface area contributed by atoms with Crippen LogP contribution in [0.1, 0.15) is 59.3 Å². The molecule has 0 aromatic heterocycles. The van der Waals surface area contributed by atoms with Gasteiger partial charge in [-0.05, 0) is 58.3 Å². The quantitative estimate of drug-likeness (QED) is 0.418. The zero-order valence-corrected chi connectivity index (χ0v) is 15.1. The number of ether oxygens (including phenoxy) is 2. The van der Waals surface area contributed by atoms with Gasteiger partial charge in [-0.15, -0.1) is 0 Å². The molecule has 1 N–H and O–H groups in total. The van der Waals surface area contributed by atoms with Gasteiger partial charge in [0.2, 0.25) is 0 Å². The van der Waals surface area contributed by atoms with Crippen LogP contribution in [-0.4, -0.2) is 35.0 Å². The summed E-state index contributed by atoms with van der Waals surface area (Å²) < 4.78 is 11.9. The van der Waals surface area contributed by atoms with E-state index in [9.17, 15) is 9.90 Å². The standard InChI is InChI=1S/C20H30O4/c1-12-7-5-9-13(2)17-18-15(14(3)19(21)24-18)11-16(23-17)20(4,22)10-6-8-12/h8,13,15-18,22H,3,5-7,9-11H2,1-2,4H3/b12-8-/t13-,15-,16-,17-,18+,20+/m0/s1. The summed E-state index contributed by atoms with van der Waals surface area (Å²) in [5, 5.41) is 11.0. The van der Waals surface area contributed by atoms with Crippen molar-refractivity contribution in [1.29, 1.82) is 0 Å². The van der Waals surface area contributed by atoms with E-state index in [0.29, 0.717) is 18.4 Å². The van der Waals surface area contributed by atoms with Crippen molar-refractivity contribution in [2.45, 2.75) is 83.2 Å². The Morgan fingerprint density at radius 3 is 2.88 bits per heavy atom. The third kappa shape index (κ3) is 3.31. The largest absolute Gasteiger partial charge is 0.456 e. The van der Waals surface area contributed by atoms with Gasteiger partial charge < -0.3 is 14.6 Å². The lowest BCUT2D eigenvalue weighted by Crippen LogP contribution is -2.54. The maximum absolute atomic E-state index is 12.0. The van der Waals surface area contributed by atoms with Crippen molar-refractivity contribution < 1.29 is 19.4 Å². The topological polar surface area (TPSA) is 55.8 Å². The highest BCUT2D eigenvalue weighted by Crippen LogP contribution is 2.44. The van der Waals surface area contributed by atoms with Gasteiger partial charge in [0.25, 0.3) is 0 Å². The number of esters is 1. The van der Waals surface area contributed by atoms with Gasteiger partial charge in [-0.2, -0.15) is 0 Å². The minimum atomic E-state index is -0.912. The molecule has 4 heteroatoms. The zero-order chi connectivity index (χ0) is 17.5. The van der Waals surface area contributed by atoms with Crippen LogP contribution in [0.15, 0.2) is 23.8 Å². The van der Waals surface area contributed by atoms with E-state index in [-0.39, 0.29) is 36.1 Å². The van der Waals surface area contributed by atoms with Crippen molar-refractivity contribution in [2.24, 2.45) is 11.8 Å². The van der Waals surface area contributed by atoms with Crippen LogP contribution in [0.2, 0.25) is 0 Å². The summed E-state index contributed by atoms with van der Waals surface area (Å²) in [5.41, 5.74) is 1.03. The summed E-state index contributed by atoms with van der Waals surface area (Å²) in [5.74, 6) is -0.0506. The van der Waals surface area contributed by atoms with Crippen LogP contribution < -0.4 is 0 Å². The first-order valence-corrected chi connectivity index (χ1v) is 9.23. The molecule has 2 saturated heterocycles. The molecule has 24 heavy (non-hydrogen) atoms. The number of allylic oxidation sites excluding steroid dienone is 2. The lowest BCUT2D eigenvalue weighted by Gasteiger charge is -2.45. The van der Waals surface area contributed by atoms with Gasteiger partial charge in [0.15, 0.2) is 0 Å². The molecule has 0 saturated carbocycles. The molecule has 0 aromatic rings. The Balaban J connectivity index is 1.90. The fraction of sp³-hybridized carbons (Fsp3) is 0.750. The molecule has 4 nitrogen and oxygen atoms in total. The van der Waals surface area contributed by atoms with E-state index in [0.717, 1.165) is 25.7 Å². The number of hydrogen-bond acceptors (Lipinski definition) is 4. The number of hydrogen-bond donors (Lipinski definition) is 1. The summed E-state index contributed by atoms with van der Waals surface area (Å²) in [7, 11) is 0. The Labute approximate surface area is 144 Å². The molecular formula is C20H30O4. The van der Waals surface area contributed by atoms with E-state index < -0.39 is 5.60 Å². The molecule has 3 rings (SSSR count). The van der Waals surface area contributed by atoms with E-state index in [4.69, 9.17) is 9.47 Å². The van der Waals surface area contributed by atoms with Gasteiger partial charge in [-0.25, -0.2) is 4.79 Å². The molecule has 0 spiro atoms. The molecular weight excluding hydrogens is 304 g/mol. The number of fused-ring (bicyclic) bond motifs is 4. The third-order valence-electron chi connectivity index (χ3n) is 6.09. The monoisotopic (exact) mass is 334 g/mol. The van der Waals surface area contributed by atoms with Crippen LogP contribution >= 0.6 is 0 Å². The van der Waals surface area contributed by atoms with Gasteiger partial charge >= 0.3 is 5.97 Å². The molecule has 6 atom stereocenters. The van der Waals surface area contributed by atoms with E-state index in [2.05, 4.69) is 26.5 Å². The number of carbonyl (C=O) groups is 1. The van der Waals surface area contributed by atoms with E-state index in [1.54, 1.807) is 0 Å². The predicted octanol–water partition coefficient (Wildman–Crippen LogP) is 3.54. The number of carbonyl (C=O) groups excluding carboxylic acids is 1. The lowest BCUT2D eigenvalue weighted by molar-refractivity contribution is -0.208. The highest BCUT2D eigenvalue weighted by Gasteiger charge is 2.53. The second kappa shape index (κ2) is 6.64. The summed E-state index contributed by atoms with van der Waals surface area (Å²) in [4.78, 5) is 12.0. The second-order valence-electron chi connectivity index (χ2n) is 8.14. The minimum Gasteiger partial charge on any atom is -0.456 e. The van der Waals surface area contributed by atoms with E-state index in [1.165, 1.54) is 5.57 Å². The maximum atomic E-state index is 12.0. The summed E-state index contributed by atoms with van der Waals surface area (Å²) in [6.07, 6.45) is 6.87. The van der Waals surface area contributed by atoms with E-state index >= 15 is 0 Å². The number of aliphatic hydroxyl groups is 1. The Morgan fingerprint density at radius 1 is 1.38 bits per heavy atom. The van der Waals surface area contributed by atoms with Crippen molar-refractivity contribution >= 4 is 5.97 Å². The van der Waals surface area contributed by atoms with Gasteiger partial charge in [-0.1, -0.05) is 25.2 Å². The van der Waals surface area contributed by atoms with Crippen molar-refractivity contribution in [2.75, 3.05) is 0 Å². The van der Waals surface area contributed by atoms with Crippen LogP contribution in [0.3, 0.4) is 0 Å². The molecule has 0 aromatic carbocycles. The molecule has 3 heterocycles. The summed E-state index contributed by atoms with van der Waals surface area (Å²) >= 11 is 0. The maximum Gasteiger partial charge on any atom is 0.334 e. The fourth-order valence-electron chi connectivity index (χ4n) is 4.36. The third-order valence-corrected chi connectivity index (χ3v) is 6.09. The summed E-state index contributed by atoms with van der Waals surface area (Å²) in [6.45, 7) is 10.1. The summed E-state index contributed by atoms with van der Waals surface area (Å²) in [6, 6.07) is 0.